The maximum Gasteiger partial charge on any atom is 0.231 e. The number of nitrogens with one attached hydrogen (secondary N) is 1. The molecule has 1 N–H and O–H groups in total. The lowest BCUT2D eigenvalue weighted by Gasteiger charge is -2.22. The van der Waals surface area contributed by atoms with Gasteiger partial charge in [0.05, 0.1) is 18.4 Å². The van der Waals surface area contributed by atoms with Crippen LogP contribution in [-0.4, -0.2) is 38.6 Å². The number of carbonyl (C=O) groups is 1. The minimum absolute atomic E-state index is 0.146. The second-order valence-electron chi connectivity index (χ2n) is 8.36. The number of aromatic nitrogens is 3. The molecule has 1 unspecified atom stereocenters. The Morgan fingerprint density at radius 3 is 2.67 bits per heavy atom. The minimum Gasteiger partial charge on any atom is -0.494 e. The van der Waals surface area contributed by atoms with Gasteiger partial charge in [-0.3, -0.25) is 9.36 Å². The lowest BCUT2D eigenvalue weighted by atomic mass is 9.98. The number of amides is 1. The molecule has 1 saturated carbocycles. The van der Waals surface area contributed by atoms with E-state index in [1.54, 1.807) is 6.92 Å². The monoisotopic (exact) mass is 461 g/mol. The van der Waals surface area contributed by atoms with Gasteiger partial charge in [-0.1, -0.05) is 35.5 Å². The van der Waals surface area contributed by atoms with Crippen LogP contribution in [-0.2, 0) is 4.79 Å². The highest BCUT2D eigenvalue weighted by Crippen LogP contribution is 2.39. The number of rotatable bonds is 9. The molecule has 3 aromatic rings. The second-order valence-corrected chi connectivity index (χ2v) is 9.31. The number of hydrogen-bond acceptors (Lipinski definition) is 6. The number of nitriles is 1. The van der Waals surface area contributed by atoms with Crippen LogP contribution in [0.2, 0.25) is 0 Å². The number of thioether (sulfide) groups is 1. The van der Waals surface area contributed by atoms with E-state index in [0.29, 0.717) is 17.6 Å². The van der Waals surface area contributed by atoms with Gasteiger partial charge in [0.25, 0.3) is 0 Å². The fourth-order valence-corrected chi connectivity index (χ4v) is 4.52. The Morgan fingerprint density at radius 2 is 2.03 bits per heavy atom. The van der Waals surface area contributed by atoms with E-state index < -0.39 is 5.54 Å². The van der Waals surface area contributed by atoms with Gasteiger partial charge >= 0.3 is 0 Å². The zero-order valence-electron chi connectivity index (χ0n) is 19.0. The quantitative estimate of drug-likeness (QED) is 0.470. The maximum atomic E-state index is 12.7. The van der Waals surface area contributed by atoms with Crippen LogP contribution < -0.4 is 10.1 Å². The van der Waals surface area contributed by atoms with Gasteiger partial charge in [0.2, 0.25) is 5.91 Å². The number of aryl methyl sites for hydroxylation is 1. The van der Waals surface area contributed by atoms with Crippen LogP contribution in [0.25, 0.3) is 17.1 Å². The normalized spacial score (nSPS) is 14.8. The van der Waals surface area contributed by atoms with E-state index in [-0.39, 0.29) is 17.6 Å². The van der Waals surface area contributed by atoms with E-state index in [0.717, 1.165) is 35.4 Å². The van der Waals surface area contributed by atoms with Gasteiger partial charge in [-0.25, -0.2) is 0 Å². The first-order valence-corrected chi connectivity index (χ1v) is 12.0. The van der Waals surface area contributed by atoms with Crippen LogP contribution in [0.1, 0.15) is 32.3 Å². The number of hydrogen-bond donors (Lipinski definition) is 1. The lowest BCUT2D eigenvalue weighted by molar-refractivity contribution is -0.119. The molecule has 1 atom stereocenters. The summed E-state index contributed by atoms with van der Waals surface area (Å²) in [6, 6.07) is 18.1. The molecule has 0 bridgehead atoms. The Bertz CT molecular complexity index is 1180. The third-order valence-electron chi connectivity index (χ3n) is 5.67. The van der Waals surface area contributed by atoms with E-state index in [1.807, 2.05) is 60.9 Å². The third kappa shape index (κ3) is 5.20. The zero-order valence-corrected chi connectivity index (χ0v) is 19.9. The molecule has 8 heteroatoms. The van der Waals surface area contributed by atoms with Gasteiger partial charge < -0.3 is 10.1 Å². The molecule has 1 heterocycles. The summed E-state index contributed by atoms with van der Waals surface area (Å²) in [4.78, 5) is 12.7. The molecule has 1 aliphatic carbocycles. The molecule has 0 spiro atoms. The first kappa shape index (κ1) is 22.9. The standard InChI is InChI=1S/C25H27N5O2S/c1-4-32-21-12-10-20(11-13-21)30-23(18-7-5-6-17(2)14-18)28-29-24(30)33-15-22(31)27-25(3,16-26)19-8-9-19/h5-7,10-14,19H,4,8-9,15H2,1-3H3,(H,27,31). The maximum absolute atomic E-state index is 12.7. The van der Waals surface area contributed by atoms with E-state index in [9.17, 15) is 10.1 Å². The molecule has 2 aromatic carbocycles. The van der Waals surface area contributed by atoms with Gasteiger partial charge in [-0.2, -0.15) is 5.26 Å². The van der Waals surface area contributed by atoms with Crippen molar-refractivity contribution in [2.75, 3.05) is 12.4 Å². The van der Waals surface area contributed by atoms with E-state index in [2.05, 4.69) is 27.6 Å². The first-order valence-electron chi connectivity index (χ1n) is 11.0. The Labute approximate surface area is 198 Å². The van der Waals surface area contributed by atoms with Crippen molar-refractivity contribution in [1.29, 1.82) is 5.26 Å². The van der Waals surface area contributed by atoms with Gasteiger partial charge in [-0.05, 0) is 69.9 Å². The summed E-state index contributed by atoms with van der Waals surface area (Å²) in [5.41, 5.74) is 2.13. The van der Waals surface area contributed by atoms with Crippen LogP contribution in [0.15, 0.2) is 53.7 Å². The largest absolute Gasteiger partial charge is 0.494 e. The second kappa shape index (κ2) is 9.67. The molecule has 33 heavy (non-hydrogen) atoms. The molecule has 170 valence electrons. The summed E-state index contributed by atoms with van der Waals surface area (Å²) in [5, 5.41) is 21.9. The summed E-state index contributed by atoms with van der Waals surface area (Å²) in [7, 11) is 0. The van der Waals surface area contributed by atoms with Crippen molar-refractivity contribution in [3.05, 3.63) is 54.1 Å². The van der Waals surface area contributed by atoms with Gasteiger partial charge in [-0.15, -0.1) is 10.2 Å². The number of ether oxygens (including phenoxy) is 1. The SMILES string of the molecule is CCOc1ccc(-n2c(SCC(=O)NC(C)(C#N)C3CC3)nnc2-c2cccc(C)c2)cc1. The highest BCUT2D eigenvalue weighted by Gasteiger charge is 2.43. The molecule has 0 radical (unpaired) electrons. The van der Waals surface area contributed by atoms with Crippen molar-refractivity contribution in [3.63, 3.8) is 0 Å². The van der Waals surface area contributed by atoms with Crippen molar-refractivity contribution < 1.29 is 9.53 Å². The Kier molecular flexibility index (Phi) is 6.70. The van der Waals surface area contributed by atoms with Crippen LogP contribution in [0, 0.1) is 24.2 Å². The predicted octanol–water partition coefficient (Wildman–Crippen LogP) is 4.54. The van der Waals surface area contributed by atoms with Crippen LogP contribution in [0.5, 0.6) is 5.75 Å². The summed E-state index contributed by atoms with van der Waals surface area (Å²) in [6.45, 7) is 6.38. The number of carbonyl (C=O) groups excluding carboxylic acids is 1. The van der Waals surface area contributed by atoms with Crippen molar-refractivity contribution in [1.82, 2.24) is 20.1 Å². The lowest BCUT2D eigenvalue weighted by Crippen LogP contribution is -2.47. The molecule has 1 aromatic heterocycles. The van der Waals surface area contributed by atoms with E-state index in [4.69, 9.17) is 4.74 Å². The van der Waals surface area contributed by atoms with Crippen LogP contribution >= 0.6 is 11.8 Å². The van der Waals surface area contributed by atoms with Gasteiger partial charge in [0, 0.05) is 11.3 Å². The molecule has 0 aliphatic heterocycles. The molecule has 4 rings (SSSR count). The van der Waals surface area contributed by atoms with Crippen LogP contribution in [0.3, 0.4) is 0 Å². The average Bonchev–Trinajstić information content (AvgIpc) is 3.59. The Hall–Kier alpha value is -3.31. The summed E-state index contributed by atoms with van der Waals surface area (Å²) in [6.07, 6.45) is 1.95. The zero-order chi connectivity index (χ0) is 23.4. The Morgan fingerprint density at radius 1 is 1.27 bits per heavy atom. The molecule has 0 saturated heterocycles. The summed E-state index contributed by atoms with van der Waals surface area (Å²) >= 11 is 1.30. The highest BCUT2D eigenvalue weighted by molar-refractivity contribution is 7.99. The van der Waals surface area contributed by atoms with E-state index in [1.165, 1.54) is 11.8 Å². The van der Waals surface area contributed by atoms with Crippen molar-refractivity contribution in [3.8, 4) is 28.9 Å². The molecular formula is C25H27N5O2S. The van der Waals surface area contributed by atoms with Crippen molar-refractivity contribution in [2.45, 2.75) is 44.3 Å². The number of benzene rings is 2. The van der Waals surface area contributed by atoms with Crippen LogP contribution in [0.4, 0.5) is 0 Å². The molecule has 1 fully saturated rings. The van der Waals surface area contributed by atoms with Crippen molar-refractivity contribution in [2.24, 2.45) is 5.92 Å². The van der Waals surface area contributed by atoms with E-state index >= 15 is 0 Å². The fraction of sp³-hybridized carbons (Fsp3) is 0.360. The Balaban J connectivity index is 1.61. The summed E-state index contributed by atoms with van der Waals surface area (Å²) < 4.78 is 7.53. The molecule has 7 nitrogen and oxygen atoms in total. The highest BCUT2D eigenvalue weighted by atomic mass is 32.2. The fourth-order valence-electron chi connectivity index (χ4n) is 3.76. The molecule has 1 aliphatic rings. The average molecular weight is 462 g/mol. The third-order valence-corrected chi connectivity index (χ3v) is 6.60. The molecule has 1 amide bonds. The summed E-state index contributed by atoms with van der Waals surface area (Å²) in [5.74, 6) is 1.68. The van der Waals surface area contributed by atoms with Gasteiger partial charge in [0.15, 0.2) is 11.0 Å². The minimum atomic E-state index is -0.812. The first-order chi connectivity index (χ1) is 15.9. The topological polar surface area (TPSA) is 92.8 Å². The van der Waals surface area contributed by atoms with Gasteiger partial charge in [0.1, 0.15) is 11.3 Å². The molecular weight excluding hydrogens is 434 g/mol. The smallest absolute Gasteiger partial charge is 0.231 e. The number of nitrogens with zero attached hydrogens (tertiary/aromatic N) is 4. The predicted molar refractivity (Wildman–Crippen MR) is 128 cm³/mol. The van der Waals surface area contributed by atoms with Crippen molar-refractivity contribution >= 4 is 17.7 Å².